The molecule has 1 heterocycles. The highest BCUT2D eigenvalue weighted by molar-refractivity contribution is 6.10. The Labute approximate surface area is 122 Å². The zero-order valence-electron chi connectivity index (χ0n) is 12.0. The van der Waals surface area contributed by atoms with Gasteiger partial charge >= 0.3 is 5.97 Å². The number of rotatable bonds is 4. The van der Waals surface area contributed by atoms with E-state index in [-0.39, 0.29) is 5.91 Å². The van der Waals surface area contributed by atoms with Gasteiger partial charge in [0.2, 0.25) is 11.8 Å². The Morgan fingerprint density at radius 3 is 2.52 bits per heavy atom. The molecule has 1 aliphatic heterocycles. The summed E-state index contributed by atoms with van der Waals surface area (Å²) in [6, 6.07) is 6.49. The number of aryl methyl sites for hydroxylation is 1. The second kappa shape index (κ2) is 5.95. The molecule has 21 heavy (non-hydrogen) atoms. The molecule has 1 fully saturated rings. The number of carboxylic acid groups (broad SMARTS) is 1. The van der Waals surface area contributed by atoms with E-state index >= 15 is 0 Å². The highest BCUT2D eigenvalue weighted by atomic mass is 16.4. The number of anilines is 1. The second-order valence-corrected chi connectivity index (χ2v) is 5.24. The van der Waals surface area contributed by atoms with E-state index in [4.69, 9.17) is 5.11 Å². The first kappa shape index (κ1) is 15.0. The summed E-state index contributed by atoms with van der Waals surface area (Å²) in [6.07, 6.45) is 0.394. The van der Waals surface area contributed by atoms with E-state index in [1.165, 1.54) is 6.92 Å². The molecule has 2 amide bonds. The summed E-state index contributed by atoms with van der Waals surface area (Å²) in [5.41, 5.74) is 1.85. The van der Waals surface area contributed by atoms with Crippen molar-refractivity contribution >= 4 is 23.5 Å². The van der Waals surface area contributed by atoms with Crippen LogP contribution in [0.25, 0.3) is 0 Å². The number of hydrogen-bond acceptors (Lipinski definition) is 3. The summed E-state index contributed by atoms with van der Waals surface area (Å²) in [5, 5.41) is 11.1. The number of aliphatic carboxylic acids is 1. The molecule has 1 aliphatic rings. The number of carboxylic acids is 1. The van der Waals surface area contributed by atoms with Crippen molar-refractivity contribution in [3.05, 3.63) is 29.8 Å². The van der Waals surface area contributed by atoms with Crippen LogP contribution in [0.4, 0.5) is 5.69 Å². The molecule has 0 aliphatic carbocycles. The first-order valence-corrected chi connectivity index (χ1v) is 6.81. The van der Waals surface area contributed by atoms with Crippen LogP contribution in [0.15, 0.2) is 24.3 Å². The molecule has 0 bridgehead atoms. The smallest absolute Gasteiger partial charge is 0.325 e. The van der Waals surface area contributed by atoms with Crippen molar-refractivity contribution in [1.29, 1.82) is 0 Å². The lowest BCUT2D eigenvalue weighted by molar-refractivity contribution is -0.143. The zero-order chi connectivity index (χ0) is 15.6. The third-order valence-corrected chi connectivity index (χ3v) is 3.60. The molecule has 1 saturated heterocycles. The van der Waals surface area contributed by atoms with Gasteiger partial charge in [-0.25, -0.2) is 0 Å². The summed E-state index contributed by atoms with van der Waals surface area (Å²) >= 11 is 0. The molecule has 0 radical (unpaired) electrons. The van der Waals surface area contributed by atoms with Gasteiger partial charge in [0.25, 0.3) is 0 Å². The predicted molar refractivity (Wildman–Crippen MR) is 76.9 cm³/mol. The zero-order valence-corrected chi connectivity index (χ0v) is 12.0. The molecule has 6 nitrogen and oxygen atoms in total. The average molecular weight is 290 g/mol. The lowest BCUT2D eigenvalue weighted by Gasteiger charge is -2.17. The first-order chi connectivity index (χ1) is 9.90. The fraction of sp³-hybridized carbons (Fsp3) is 0.400. The summed E-state index contributed by atoms with van der Waals surface area (Å²) in [7, 11) is 0. The van der Waals surface area contributed by atoms with Crippen LogP contribution in [0, 0.1) is 12.8 Å². The summed E-state index contributed by atoms with van der Waals surface area (Å²) < 4.78 is 0. The minimum Gasteiger partial charge on any atom is -0.480 e. The van der Waals surface area contributed by atoms with Gasteiger partial charge in [-0.2, -0.15) is 0 Å². The minimum absolute atomic E-state index is 0.283. The summed E-state index contributed by atoms with van der Waals surface area (Å²) in [6.45, 7) is 3.79. The third-order valence-electron chi connectivity index (χ3n) is 3.60. The monoisotopic (exact) mass is 290 g/mol. The van der Waals surface area contributed by atoms with Gasteiger partial charge in [-0.1, -0.05) is 17.7 Å². The Morgan fingerprint density at radius 1 is 1.33 bits per heavy atom. The van der Waals surface area contributed by atoms with Crippen molar-refractivity contribution in [2.45, 2.75) is 26.3 Å². The van der Waals surface area contributed by atoms with Gasteiger partial charge in [-0.3, -0.25) is 14.4 Å². The Balaban J connectivity index is 2.06. The molecular weight excluding hydrogens is 272 g/mol. The van der Waals surface area contributed by atoms with Crippen molar-refractivity contribution in [1.82, 2.24) is 5.32 Å². The van der Waals surface area contributed by atoms with E-state index in [1.54, 1.807) is 4.90 Å². The van der Waals surface area contributed by atoms with Crippen LogP contribution in [0.5, 0.6) is 0 Å². The van der Waals surface area contributed by atoms with Gasteiger partial charge in [-0.05, 0) is 32.4 Å². The number of benzene rings is 1. The van der Waals surface area contributed by atoms with Gasteiger partial charge < -0.3 is 15.3 Å². The quantitative estimate of drug-likeness (QED) is 0.808. The Bertz CT molecular complexity index is 568. The van der Waals surface area contributed by atoms with Crippen molar-refractivity contribution in [2.75, 3.05) is 11.4 Å². The highest BCUT2D eigenvalue weighted by Gasteiger charge is 2.38. The van der Waals surface area contributed by atoms with Crippen LogP contribution in [-0.2, 0) is 14.4 Å². The number of carbonyl (C=O) groups is 3. The van der Waals surface area contributed by atoms with Crippen LogP contribution in [0.3, 0.4) is 0 Å². The highest BCUT2D eigenvalue weighted by Crippen LogP contribution is 2.25. The maximum absolute atomic E-state index is 12.3. The maximum atomic E-state index is 12.3. The van der Waals surface area contributed by atoms with E-state index in [0.717, 1.165) is 11.3 Å². The standard InChI is InChI=1S/C15H18N2O4/c1-9-3-5-11(6-4-9)17-8-7-12(14(17)19)13(18)16-10(2)15(20)21/h3-6,10,12H,7-8H2,1-2H3,(H,16,18)(H,20,21)/t10-,12?/m0/s1. The van der Waals surface area contributed by atoms with Crippen LogP contribution in [0.1, 0.15) is 18.9 Å². The van der Waals surface area contributed by atoms with Crippen LogP contribution >= 0.6 is 0 Å². The Morgan fingerprint density at radius 2 is 1.95 bits per heavy atom. The molecule has 2 atom stereocenters. The van der Waals surface area contributed by atoms with Crippen molar-refractivity contribution in [3.63, 3.8) is 0 Å². The fourth-order valence-corrected chi connectivity index (χ4v) is 2.28. The lowest BCUT2D eigenvalue weighted by atomic mass is 10.1. The number of nitrogens with zero attached hydrogens (tertiary/aromatic N) is 1. The third kappa shape index (κ3) is 3.21. The van der Waals surface area contributed by atoms with E-state index in [9.17, 15) is 14.4 Å². The molecule has 1 aromatic rings. The SMILES string of the molecule is Cc1ccc(N2CCC(C(=O)N[C@@H](C)C(=O)O)C2=O)cc1. The van der Waals surface area contributed by atoms with Gasteiger partial charge in [0, 0.05) is 12.2 Å². The normalized spacial score (nSPS) is 19.4. The number of hydrogen-bond donors (Lipinski definition) is 2. The summed E-state index contributed by atoms with van der Waals surface area (Å²) in [5.74, 6) is -2.74. The predicted octanol–water partition coefficient (Wildman–Crippen LogP) is 0.937. The first-order valence-electron chi connectivity index (χ1n) is 6.81. The van der Waals surface area contributed by atoms with Gasteiger partial charge in [0.15, 0.2) is 0 Å². The van der Waals surface area contributed by atoms with E-state index in [0.29, 0.717) is 13.0 Å². The Kier molecular flexibility index (Phi) is 4.26. The lowest BCUT2D eigenvalue weighted by Crippen LogP contribution is -2.44. The number of amides is 2. The molecule has 0 aromatic heterocycles. The number of nitrogens with one attached hydrogen (secondary N) is 1. The van der Waals surface area contributed by atoms with E-state index in [2.05, 4.69) is 5.32 Å². The summed E-state index contributed by atoms with van der Waals surface area (Å²) in [4.78, 5) is 36.6. The molecule has 1 aromatic carbocycles. The van der Waals surface area contributed by atoms with E-state index in [1.807, 2.05) is 31.2 Å². The largest absolute Gasteiger partial charge is 0.480 e. The van der Waals surface area contributed by atoms with Gasteiger partial charge in [0.05, 0.1) is 0 Å². The van der Waals surface area contributed by atoms with Crippen molar-refractivity contribution < 1.29 is 19.5 Å². The molecule has 2 N–H and O–H groups in total. The van der Waals surface area contributed by atoms with Crippen molar-refractivity contribution in [3.8, 4) is 0 Å². The van der Waals surface area contributed by atoms with Crippen LogP contribution in [-0.4, -0.2) is 35.5 Å². The molecule has 1 unspecified atom stereocenters. The van der Waals surface area contributed by atoms with Gasteiger partial charge in [-0.15, -0.1) is 0 Å². The second-order valence-electron chi connectivity index (χ2n) is 5.24. The van der Waals surface area contributed by atoms with Crippen LogP contribution < -0.4 is 10.2 Å². The topological polar surface area (TPSA) is 86.7 Å². The Hall–Kier alpha value is -2.37. The molecule has 0 spiro atoms. The maximum Gasteiger partial charge on any atom is 0.325 e. The molecule has 112 valence electrons. The molecular formula is C15H18N2O4. The number of carbonyl (C=O) groups excluding carboxylic acids is 2. The minimum atomic E-state index is -1.12. The molecule has 0 saturated carbocycles. The fourth-order valence-electron chi connectivity index (χ4n) is 2.28. The van der Waals surface area contributed by atoms with E-state index < -0.39 is 23.8 Å². The molecule has 2 rings (SSSR count). The average Bonchev–Trinajstić information content (AvgIpc) is 2.81. The molecule has 6 heteroatoms. The van der Waals surface area contributed by atoms with Crippen molar-refractivity contribution in [2.24, 2.45) is 5.92 Å². The van der Waals surface area contributed by atoms with Gasteiger partial charge in [0.1, 0.15) is 12.0 Å². The van der Waals surface area contributed by atoms with Crippen LogP contribution in [0.2, 0.25) is 0 Å².